The van der Waals surface area contributed by atoms with E-state index in [4.69, 9.17) is 5.26 Å². The lowest BCUT2D eigenvalue weighted by atomic mass is 9.97. The summed E-state index contributed by atoms with van der Waals surface area (Å²) in [6.07, 6.45) is 0.898. The molecule has 0 aliphatic carbocycles. The van der Waals surface area contributed by atoms with Crippen molar-refractivity contribution >= 4 is 21.6 Å². The number of aryl methyl sites for hydroxylation is 2. The van der Waals surface area contributed by atoms with Crippen molar-refractivity contribution in [3.05, 3.63) is 59.2 Å². The normalized spacial score (nSPS) is 15.8. The van der Waals surface area contributed by atoms with Crippen LogP contribution in [0.1, 0.15) is 29.5 Å². The number of nitrogens with zero attached hydrogens (tertiary/aromatic N) is 2. The first-order valence-corrected chi connectivity index (χ1v) is 10.6. The molecule has 1 heterocycles. The second-order valence-corrected chi connectivity index (χ2v) is 9.00. The number of amides is 1. The van der Waals surface area contributed by atoms with Crippen LogP contribution >= 0.6 is 0 Å². The molecular formula is C21H23N3O3S. The zero-order valence-electron chi connectivity index (χ0n) is 16.0. The molecule has 6 nitrogen and oxygen atoms in total. The van der Waals surface area contributed by atoms with E-state index in [9.17, 15) is 13.2 Å². The highest BCUT2D eigenvalue weighted by Crippen LogP contribution is 2.27. The van der Waals surface area contributed by atoms with E-state index in [-0.39, 0.29) is 11.8 Å². The van der Waals surface area contributed by atoms with Crippen molar-refractivity contribution in [2.45, 2.75) is 31.6 Å². The molecule has 1 amide bonds. The lowest BCUT2D eigenvalue weighted by Crippen LogP contribution is -2.41. The van der Waals surface area contributed by atoms with E-state index in [0.29, 0.717) is 42.1 Å². The van der Waals surface area contributed by atoms with Crippen molar-refractivity contribution < 1.29 is 13.2 Å². The topological polar surface area (TPSA) is 90.3 Å². The number of carbonyl (C=O) groups excluding carboxylic acids is 1. The molecule has 0 unspecified atom stereocenters. The van der Waals surface area contributed by atoms with E-state index >= 15 is 0 Å². The minimum atomic E-state index is -3.57. The molecule has 0 spiro atoms. The minimum Gasteiger partial charge on any atom is -0.325 e. The predicted molar refractivity (Wildman–Crippen MR) is 107 cm³/mol. The zero-order chi connectivity index (χ0) is 20.3. The molecule has 1 N–H and O–H groups in total. The van der Waals surface area contributed by atoms with Crippen LogP contribution in [0.15, 0.2) is 47.4 Å². The van der Waals surface area contributed by atoms with Gasteiger partial charge in [0.25, 0.3) is 0 Å². The molecule has 0 bridgehead atoms. The molecule has 1 aliphatic rings. The van der Waals surface area contributed by atoms with Crippen molar-refractivity contribution in [3.8, 4) is 6.07 Å². The summed E-state index contributed by atoms with van der Waals surface area (Å²) < 4.78 is 27.4. The Hall–Kier alpha value is -2.69. The number of nitriles is 1. The Bertz CT molecular complexity index is 1030. The molecule has 28 heavy (non-hydrogen) atoms. The fourth-order valence-electron chi connectivity index (χ4n) is 3.51. The molecule has 7 heteroatoms. The van der Waals surface area contributed by atoms with Gasteiger partial charge in [0.1, 0.15) is 6.07 Å². The lowest BCUT2D eigenvalue weighted by molar-refractivity contribution is -0.120. The Morgan fingerprint density at radius 1 is 1.14 bits per heavy atom. The Labute approximate surface area is 165 Å². The summed E-state index contributed by atoms with van der Waals surface area (Å²) in [5.74, 6) is -0.455. The van der Waals surface area contributed by atoms with Crippen molar-refractivity contribution in [1.82, 2.24) is 4.31 Å². The molecule has 146 valence electrons. The van der Waals surface area contributed by atoms with E-state index in [1.807, 2.05) is 13.0 Å². The maximum atomic E-state index is 13.0. The van der Waals surface area contributed by atoms with Crippen molar-refractivity contribution in [2.75, 3.05) is 18.4 Å². The number of carbonyl (C=O) groups is 1. The highest BCUT2D eigenvalue weighted by molar-refractivity contribution is 7.89. The maximum Gasteiger partial charge on any atom is 0.243 e. The summed E-state index contributed by atoms with van der Waals surface area (Å²) in [4.78, 5) is 12.9. The third-order valence-corrected chi connectivity index (χ3v) is 7.14. The standard InChI is InChI=1S/C21H23N3O3S/c1-15-7-8-20(16(2)13-15)28(26,27)24-11-9-17(10-12-24)21(25)23-19-6-4-3-5-18(19)14-22/h3-8,13,17H,9-12H2,1-2H3,(H,23,25). The summed E-state index contributed by atoms with van der Waals surface area (Å²) >= 11 is 0. The van der Waals surface area contributed by atoms with Gasteiger partial charge in [-0.3, -0.25) is 4.79 Å². The Morgan fingerprint density at radius 2 is 1.82 bits per heavy atom. The van der Waals surface area contributed by atoms with Gasteiger partial charge in [-0.25, -0.2) is 8.42 Å². The van der Waals surface area contributed by atoms with Gasteiger partial charge < -0.3 is 5.32 Å². The fraction of sp³-hybridized carbons (Fsp3) is 0.333. The lowest BCUT2D eigenvalue weighted by Gasteiger charge is -2.31. The first kappa shape index (κ1) is 20.1. The van der Waals surface area contributed by atoms with Crippen molar-refractivity contribution in [3.63, 3.8) is 0 Å². The van der Waals surface area contributed by atoms with Gasteiger partial charge in [-0.2, -0.15) is 9.57 Å². The van der Waals surface area contributed by atoms with Crippen LogP contribution in [-0.4, -0.2) is 31.7 Å². The largest absolute Gasteiger partial charge is 0.325 e. The van der Waals surface area contributed by atoms with Gasteiger partial charge in [0, 0.05) is 19.0 Å². The van der Waals surface area contributed by atoms with Gasteiger partial charge in [0.15, 0.2) is 0 Å². The van der Waals surface area contributed by atoms with Gasteiger partial charge in [-0.05, 0) is 50.5 Å². The van der Waals surface area contributed by atoms with Crippen LogP contribution < -0.4 is 5.32 Å². The van der Waals surface area contributed by atoms with Crippen LogP contribution in [0.4, 0.5) is 5.69 Å². The van der Waals surface area contributed by atoms with Gasteiger partial charge in [0.2, 0.25) is 15.9 Å². The second-order valence-electron chi connectivity index (χ2n) is 7.09. The highest BCUT2D eigenvalue weighted by Gasteiger charge is 2.33. The second kappa shape index (κ2) is 8.13. The molecule has 0 atom stereocenters. The monoisotopic (exact) mass is 397 g/mol. The zero-order valence-corrected chi connectivity index (χ0v) is 16.8. The summed E-state index contributed by atoms with van der Waals surface area (Å²) in [7, 11) is -3.57. The highest BCUT2D eigenvalue weighted by atomic mass is 32.2. The molecule has 2 aromatic carbocycles. The van der Waals surface area contributed by atoms with Crippen LogP contribution in [0.2, 0.25) is 0 Å². The third-order valence-electron chi connectivity index (χ3n) is 5.08. The minimum absolute atomic E-state index is 0.175. The van der Waals surface area contributed by atoms with E-state index < -0.39 is 10.0 Å². The molecular weight excluding hydrogens is 374 g/mol. The van der Waals surface area contributed by atoms with E-state index in [1.54, 1.807) is 43.3 Å². The summed E-state index contributed by atoms with van der Waals surface area (Å²) in [6, 6.07) is 14.2. The molecule has 2 aromatic rings. The van der Waals surface area contributed by atoms with Crippen LogP contribution in [0, 0.1) is 31.1 Å². The van der Waals surface area contributed by atoms with Crippen LogP contribution in [0.25, 0.3) is 0 Å². The molecule has 0 radical (unpaired) electrons. The first-order chi connectivity index (χ1) is 13.3. The molecule has 1 aliphatic heterocycles. The molecule has 0 saturated carbocycles. The van der Waals surface area contributed by atoms with Gasteiger partial charge in [-0.15, -0.1) is 0 Å². The summed E-state index contributed by atoms with van der Waals surface area (Å²) in [5, 5.41) is 11.9. The van der Waals surface area contributed by atoms with Gasteiger partial charge in [-0.1, -0.05) is 29.8 Å². The van der Waals surface area contributed by atoms with E-state index in [1.165, 1.54) is 4.31 Å². The third kappa shape index (κ3) is 4.08. The van der Waals surface area contributed by atoms with Crippen LogP contribution in [-0.2, 0) is 14.8 Å². The van der Waals surface area contributed by atoms with Crippen molar-refractivity contribution in [1.29, 1.82) is 5.26 Å². The van der Waals surface area contributed by atoms with Gasteiger partial charge >= 0.3 is 0 Å². The summed E-state index contributed by atoms with van der Waals surface area (Å²) in [5.41, 5.74) is 2.64. The Morgan fingerprint density at radius 3 is 2.46 bits per heavy atom. The predicted octanol–water partition coefficient (Wildman–Crippen LogP) is 3.21. The van der Waals surface area contributed by atoms with E-state index in [2.05, 4.69) is 11.4 Å². The Balaban J connectivity index is 1.67. The van der Waals surface area contributed by atoms with Crippen LogP contribution in [0.5, 0.6) is 0 Å². The van der Waals surface area contributed by atoms with Crippen molar-refractivity contribution in [2.24, 2.45) is 5.92 Å². The van der Waals surface area contributed by atoms with E-state index in [0.717, 1.165) is 11.1 Å². The maximum absolute atomic E-state index is 13.0. The number of hydrogen-bond acceptors (Lipinski definition) is 4. The molecule has 3 rings (SSSR count). The number of rotatable bonds is 4. The quantitative estimate of drug-likeness (QED) is 0.858. The van der Waals surface area contributed by atoms with Crippen LogP contribution in [0.3, 0.4) is 0 Å². The Kier molecular flexibility index (Phi) is 5.82. The number of para-hydroxylation sites is 1. The smallest absolute Gasteiger partial charge is 0.243 e. The SMILES string of the molecule is Cc1ccc(S(=O)(=O)N2CCC(C(=O)Nc3ccccc3C#N)CC2)c(C)c1. The summed E-state index contributed by atoms with van der Waals surface area (Å²) in [6.45, 7) is 4.33. The molecule has 1 fully saturated rings. The number of hydrogen-bond donors (Lipinski definition) is 1. The molecule has 1 saturated heterocycles. The van der Waals surface area contributed by atoms with Gasteiger partial charge in [0.05, 0.1) is 16.1 Å². The average molecular weight is 398 g/mol. The number of nitrogens with one attached hydrogen (secondary N) is 1. The number of benzene rings is 2. The average Bonchev–Trinajstić information content (AvgIpc) is 2.68. The number of piperidine rings is 1. The first-order valence-electron chi connectivity index (χ1n) is 9.20. The fourth-order valence-corrected chi connectivity index (χ4v) is 5.19. The number of anilines is 1. The number of sulfonamides is 1. The molecule has 0 aromatic heterocycles.